The third kappa shape index (κ3) is 5.71. The molecule has 88 valence electrons. The van der Waals surface area contributed by atoms with E-state index in [0.717, 1.165) is 39.3 Å². The molecule has 0 aromatic carbocycles. The average Bonchev–Trinajstić information content (AvgIpc) is 2.26. The molecule has 1 saturated heterocycles. The van der Waals surface area contributed by atoms with Gasteiger partial charge in [-0.3, -0.25) is 14.5 Å². The highest BCUT2D eigenvalue weighted by molar-refractivity contribution is 5.74. The summed E-state index contributed by atoms with van der Waals surface area (Å²) in [6, 6.07) is 0. The number of hydrogen-bond donors (Lipinski definition) is 1. The first-order valence-corrected chi connectivity index (χ1v) is 5.53. The molecule has 1 heterocycles. The van der Waals surface area contributed by atoms with E-state index in [1.807, 2.05) is 6.92 Å². The van der Waals surface area contributed by atoms with E-state index in [4.69, 9.17) is 9.57 Å². The zero-order valence-electron chi connectivity index (χ0n) is 9.33. The Morgan fingerprint density at radius 2 is 2.20 bits per heavy atom. The van der Waals surface area contributed by atoms with Crippen LogP contribution in [0, 0.1) is 0 Å². The average molecular weight is 216 g/mol. The van der Waals surface area contributed by atoms with Crippen LogP contribution in [-0.2, 0) is 14.4 Å². The monoisotopic (exact) mass is 216 g/mol. The van der Waals surface area contributed by atoms with Gasteiger partial charge in [0, 0.05) is 26.1 Å². The quantitative estimate of drug-likeness (QED) is 0.508. The van der Waals surface area contributed by atoms with Crippen molar-refractivity contribution in [2.75, 3.05) is 39.5 Å². The molecule has 0 aliphatic carbocycles. The normalized spacial score (nSPS) is 17.7. The van der Waals surface area contributed by atoms with Crippen molar-refractivity contribution in [1.82, 2.24) is 10.4 Å². The second kappa shape index (κ2) is 7.62. The Labute approximate surface area is 90.7 Å². The van der Waals surface area contributed by atoms with E-state index in [2.05, 4.69) is 10.4 Å². The van der Waals surface area contributed by atoms with Crippen LogP contribution in [0.2, 0.25) is 0 Å². The van der Waals surface area contributed by atoms with Crippen molar-refractivity contribution in [3.8, 4) is 0 Å². The third-order valence-electron chi connectivity index (χ3n) is 2.28. The third-order valence-corrected chi connectivity index (χ3v) is 2.28. The number of rotatable bonds is 6. The van der Waals surface area contributed by atoms with Crippen LogP contribution in [0.5, 0.6) is 0 Å². The summed E-state index contributed by atoms with van der Waals surface area (Å²) in [7, 11) is 0. The maximum Gasteiger partial charge on any atom is 0.243 e. The van der Waals surface area contributed by atoms with Crippen LogP contribution in [-0.4, -0.2) is 50.3 Å². The molecule has 1 aliphatic heterocycles. The molecule has 5 nitrogen and oxygen atoms in total. The lowest BCUT2D eigenvalue weighted by atomic mass is 10.3. The Kier molecular flexibility index (Phi) is 6.31. The Bertz CT molecular complexity index is 182. The summed E-state index contributed by atoms with van der Waals surface area (Å²) in [5.41, 5.74) is 2.43. The van der Waals surface area contributed by atoms with Gasteiger partial charge in [0.25, 0.3) is 0 Å². The molecular weight excluding hydrogens is 196 g/mol. The van der Waals surface area contributed by atoms with Crippen molar-refractivity contribution in [2.45, 2.75) is 19.8 Å². The van der Waals surface area contributed by atoms with E-state index in [-0.39, 0.29) is 5.91 Å². The van der Waals surface area contributed by atoms with Gasteiger partial charge in [-0.05, 0) is 6.42 Å². The first-order chi connectivity index (χ1) is 7.33. The number of carbonyl (C=O) groups excluding carboxylic acids is 1. The lowest BCUT2D eigenvalue weighted by Gasteiger charge is -2.26. The minimum Gasteiger partial charge on any atom is -0.379 e. The first-order valence-electron chi connectivity index (χ1n) is 5.53. The fraction of sp³-hybridized carbons (Fsp3) is 0.900. The molecule has 1 rings (SSSR count). The predicted octanol–water partition coefficient (Wildman–Crippen LogP) is 0.167. The van der Waals surface area contributed by atoms with Crippen molar-refractivity contribution in [2.24, 2.45) is 0 Å². The second-order valence-electron chi connectivity index (χ2n) is 3.58. The van der Waals surface area contributed by atoms with Gasteiger partial charge in [0.1, 0.15) is 0 Å². The zero-order valence-corrected chi connectivity index (χ0v) is 9.33. The molecule has 0 atom stereocenters. The second-order valence-corrected chi connectivity index (χ2v) is 3.58. The number of nitrogens with zero attached hydrogens (tertiary/aromatic N) is 1. The van der Waals surface area contributed by atoms with Crippen molar-refractivity contribution in [3.05, 3.63) is 0 Å². The Morgan fingerprint density at radius 1 is 1.47 bits per heavy atom. The highest BCUT2D eigenvalue weighted by atomic mass is 16.7. The molecule has 0 unspecified atom stereocenters. The standard InChI is InChI=1S/C10H20N2O3/c1-2-3-10(13)11-15-9-6-12-4-7-14-8-5-12/h2-9H2,1H3,(H,11,13). The highest BCUT2D eigenvalue weighted by Gasteiger charge is 2.09. The number of ether oxygens (including phenoxy) is 1. The maximum absolute atomic E-state index is 11.0. The van der Waals surface area contributed by atoms with Gasteiger partial charge in [-0.15, -0.1) is 0 Å². The van der Waals surface area contributed by atoms with Crippen molar-refractivity contribution < 1.29 is 14.4 Å². The molecule has 0 aromatic rings. The van der Waals surface area contributed by atoms with E-state index < -0.39 is 0 Å². The van der Waals surface area contributed by atoms with Gasteiger partial charge in [0.15, 0.2) is 0 Å². The summed E-state index contributed by atoms with van der Waals surface area (Å²) in [5.74, 6) is -0.0422. The number of morpholine rings is 1. The van der Waals surface area contributed by atoms with Gasteiger partial charge in [-0.2, -0.15) is 0 Å². The summed E-state index contributed by atoms with van der Waals surface area (Å²) in [5, 5.41) is 0. The smallest absolute Gasteiger partial charge is 0.243 e. The maximum atomic E-state index is 11.0. The molecule has 5 heteroatoms. The van der Waals surface area contributed by atoms with Crippen molar-refractivity contribution >= 4 is 5.91 Å². The number of nitrogens with one attached hydrogen (secondary N) is 1. The molecule has 0 bridgehead atoms. The molecule has 1 amide bonds. The lowest BCUT2D eigenvalue weighted by molar-refractivity contribution is -0.134. The van der Waals surface area contributed by atoms with Gasteiger partial charge in [-0.25, -0.2) is 5.48 Å². The van der Waals surface area contributed by atoms with Crippen molar-refractivity contribution in [3.63, 3.8) is 0 Å². The minimum atomic E-state index is -0.0422. The van der Waals surface area contributed by atoms with Crippen LogP contribution in [0.1, 0.15) is 19.8 Å². The Hall–Kier alpha value is -0.650. The summed E-state index contributed by atoms with van der Waals surface area (Å²) < 4.78 is 5.22. The van der Waals surface area contributed by atoms with Gasteiger partial charge < -0.3 is 4.74 Å². The van der Waals surface area contributed by atoms with Crippen LogP contribution < -0.4 is 5.48 Å². The SMILES string of the molecule is CCCC(=O)NOCCN1CCOCC1. The van der Waals surface area contributed by atoms with Crippen LogP contribution in [0.4, 0.5) is 0 Å². The number of hydroxylamine groups is 1. The van der Waals surface area contributed by atoms with E-state index in [9.17, 15) is 4.79 Å². The highest BCUT2D eigenvalue weighted by Crippen LogP contribution is 1.95. The first kappa shape index (κ1) is 12.4. The lowest BCUT2D eigenvalue weighted by Crippen LogP contribution is -2.39. The topological polar surface area (TPSA) is 50.8 Å². The molecule has 0 saturated carbocycles. The fourth-order valence-corrected chi connectivity index (χ4v) is 1.41. The zero-order chi connectivity index (χ0) is 10.9. The summed E-state index contributed by atoms with van der Waals surface area (Å²) >= 11 is 0. The van der Waals surface area contributed by atoms with Gasteiger partial charge in [-0.1, -0.05) is 6.92 Å². The van der Waals surface area contributed by atoms with Crippen LogP contribution in [0.15, 0.2) is 0 Å². The largest absolute Gasteiger partial charge is 0.379 e. The molecule has 1 N–H and O–H groups in total. The van der Waals surface area contributed by atoms with E-state index >= 15 is 0 Å². The Morgan fingerprint density at radius 3 is 2.87 bits per heavy atom. The summed E-state index contributed by atoms with van der Waals surface area (Å²) in [6.45, 7) is 6.83. The molecule has 0 radical (unpaired) electrons. The molecular formula is C10H20N2O3. The van der Waals surface area contributed by atoms with E-state index in [1.165, 1.54) is 0 Å². The molecule has 1 fully saturated rings. The molecule has 1 aliphatic rings. The minimum absolute atomic E-state index is 0.0422. The van der Waals surface area contributed by atoms with Gasteiger partial charge >= 0.3 is 0 Å². The summed E-state index contributed by atoms with van der Waals surface area (Å²) in [6.07, 6.45) is 1.37. The van der Waals surface area contributed by atoms with Gasteiger partial charge in [0.05, 0.1) is 19.8 Å². The molecule has 15 heavy (non-hydrogen) atoms. The van der Waals surface area contributed by atoms with Crippen LogP contribution in [0.25, 0.3) is 0 Å². The van der Waals surface area contributed by atoms with Crippen LogP contribution in [0.3, 0.4) is 0 Å². The summed E-state index contributed by atoms with van der Waals surface area (Å²) in [4.78, 5) is 18.4. The number of hydrogen-bond acceptors (Lipinski definition) is 4. The van der Waals surface area contributed by atoms with Crippen molar-refractivity contribution in [1.29, 1.82) is 0 Å². The van der Waals surface area contributed by atoms with Crippen LogP contribution >= 0.6 is 0 Å². The van der Waals surface area contributed by atoms with E-state index in [1.54, 1.807) is 0 Å². The molecule has 0 spiro atoms. The number of carbonyl (C=O) groups is 1. The predicted molar refractivity (Wildman–Crippen MR) is 56.3 cm³/mol. The number of amides is 1. The van der Waals surface area contributed by atoms with Gasteiger partial charge in [0.2, 0.25) is 5.91 Å². The Balaban J connectivity index is 1.93. The molecule has 0 aromatic heterocycles. The van der Waals surface area contributed by atoms with E-state index in [0.29, 0.717) is 13.0 Å². The fourth-order valence-electron chi connectivity index (χ4n) is 1.41.